The van der Waals surface area contributed by atoms with Crippen molar-refractivity contribution in [1.29, 1.82) is 0 Å². The molecule has 1 aromatic heterocycles. The first kappa shape index (κ1) is 13.6. The molecule has 0 radical (unpaired) electrons. The van der Waals surface area contributed by atoms with E-state index in [0.29, 0.717) is 10.9 Å². The fraction of sp³-hybridized carbons (Fsp3) is 0. The van der Waals surface area contributed by atoms with Crippen LogP contribution in [0.2, 0.25) is 0 Å². The number of hydrogen-bond acceptors (Lipinski definition) is 6. The van der Waals surface area contributed by atoms with Gasteiger partial charge in [-0.1, -0.05) is 12.1 Å². The Kier molecular flexibility index (Phi) is 3.23. The summed E-state index contributed by atoms with van der Waals surface area (Å²) in [7, 11) is 0. The van der Waals surface area contributed by atoms with Crippen LogP contribution in [0, 0.1) is 0 Å². The molecule has 7 nitrogen and oxygen atoms in total. The minimum Gasteiger partial charge on any atom is -0.504 e. The van der Waals surface area contributed by atoms with Crippen molar-refractivity contribution < 1.29 is 15.3 Å². The maximum Gasteiger partial charge on any atom is 0.281 e. The maximum absolute atomic E-state index is 12.2. The third kappa shape index (κ3) is 2.24. The number of benzene rings is 2. The Balaban J connectivity index is 2.05. The van der Waals surface area contributed by atoms with Crippen LogP contribution in [-0.2, 0) is 0 Å². The van der Waals surface area contributed by atoms with Gasteiger partial charge in [-0.3, -0.25) is 4.79 Å². The molecule has 0 unspecified atom stereocenters. The highest BCUT2D eigenvalue weighted by molar-refractivity contribution is 5.85. The summed E-state index contributed by atoms with van der Waals surface area (Å²) < 4.78 is 1.02. The lowest BCUT2D eigenvalue weighted by Crippen LogP contribution is -2.16. The molecular weight excluding hydrogens is 286 g/mol. The van der Waals surface area contributed by atoms with Crippen molar-refractivity contribution in [1.82, 2.24) is 9.66 Å². The van der Waals surface area contributed by atoms with Gasteiger partial charge in [0.2, 0.25) is 5.75 Å². The Morgan fingerprint density at radius 2 is 1.82 bits per heavy atom. The molecule has 0 bridgehead atoms. The van der Waals surface area contributed by atoms with E-state index in [-0.39, 0.29) is 11.1 Å². The van der Waals surface area contributed by atoms with Crippen molar-refractivity contribution in [2.75, 3.05) is 0 Å². The maximum atomic E-state index is 12.2. The van der Waals surface area contributed by atoms with Crippen molar-refractivity contribution in [3.8, 4) is 17.2 Å². The summed E-state index contributed by atoms with van der Waals surface area (Å²) in [4.78, 5) is 16.3. The molecule has 0 amide bonds. The number of phenolic OH excluding ortho intramolecular Hbond substituents is 3. The minimum absolute atomic E-state index is 0.148. The summed E-state index contributed by atoms with van der Waals surface area (Å²) in [5, 5.41) is 32.7. The summed E-state index contributed by atoms with van der Waals surface area (Å²) in [6.07, 6.45) is 2.45. The number of phenols is 3. The Morgan fingerprint density at radius 3 is 2.64 bits per heavy atom. The topological polar surface area (TPSA) is 108 Å². The fourth-order valence-electron chi connectivity index (χ4n) is 1.96. The number of aromatic hydroxyl groups is 3. The van der Waals surface area contributed by atoms with E-state index in [1.165, 1.54) is 24.7 Å². The molecule has 0 atom stereocenters. The van der Waals surface area contributed by atoms with Crippen molar-refractivity contribution in [3.63, 3.8) is 0 Å². The molecule has 110 valence electrons. The first-order valence-corrected chi connectivity index (χ1v) is 6.32. The molecule has 0 spiro atoms. The molecule has 0 saturated carbocycles. The van der Waals surface area contributed by atoms with Gasteiger partial charge in [-0.2, -0.15) is 9.78 Å². The van der Waals surface area contributed by atoms with Crippen LogP contribution in [0.3, 0.4) is 0 Å². The van der Waals surface area contributed by atoms with E-state index in [0.717, 1.165) is 4.68 Å². The average molecular weight is 297 g/mol. The highest BCUT2D eigenvalue weighted by Gasteiger charge is 2.09. The van der Waals surface area contributed by atoms with Crippen LogP contribution in [-0.4, -0.2) is 31.2 Å². The summed E-state index contributed by atoms with van der Waals surface area (Å²) in [5.74, 6) is -1.61. The molecule has 2 aromatic carbocycles. The zero-order valence-corrected chi connectivity index (χ0v) is 11.2. The largest absolute Gasteiger partial charge is 0.504 e. The van der Waals surface area contributed by atoms with Gasteiger partial charge in [0, 0.05) is 5.56 Å². The zero-order valence-electron chi connectivity index (χ0n) is 11.2. The van der Waals surface area contributed by atoms with Crippen LogP contribution in [0.5, 0.6) is 17.2 Å². The Morgan fingerprint density at radius 1 is 1.05 bits per heavy atom. The summed E-state index contributed by atoms with van der Waals surface area (Å²) in [6, 6.07) is 9.42. The lowest BCUT2D eigenvalue weighted by Gasteiger charge is -2.04. The van der Waals surface area contributed by atoms with Gasteiger partial charge >= 0.3 is 0 Å². The first-order valence-electron chi connectivity index (χ1n) is 6.32. The predicted molar refractivity (Wildman–Crippen MR) is 80.4 cm³/mol. The second-order valence-corrected chi connectivity index (χ2v) is 4.53. The standard InChI is InChI=1S/C15H11N3O4/c19-12-6-5-9(13(20)14(12)21)7-17-18-8-16-11-4-2-1-3-10(11)15(18)22/h1-8,19-21H/b17-7+. The lowest BCUT2D eigenvalue weighted by molar-refractivity contribution is 0.367. The SMILES string of the molecule is O=c1c2ccccc2ncn1/N=C/c1ccc(O)c(O)c1O. The van der Waals surface area contributed by atoms with E-state index in [2.05, 4.69) is 10.1 Å². The Hall–Kier alpha value is -3.35. The summed E-state index contributed by atoms with van der Waals surface area (Å²) in [6.45, 7) is 0. The molecular formula is C15H11N3O4. The highest BCUT2D eigenvalue weighted by Crippen LogP contribution is 2.36. The smallest absolute Gasteiger partial charge is 0.281 e. The van der Waals surface area contributed by atoms with Crippen LogP contribution in [0.1, 0.15) is 5.56 Å². The van der Waals surface area contributed by atoms with Gasteiger partial charge in [0.1, 0.15) is 6.33 Å². The number of aromatic nitrogens is 2. The number of rotatable bonds is 2. The lowest BCUT2D eigenvalue weighted by atomic mass is 10.2. The number of hydrogen-bond donors (Lipinski definition) is 3. The molecule has 1 heterocycles. The van der Waals surface area contributed by atoms with Crippen molar-refractivity contribution in [2.24, 2.45) is 5.10 Å². The molecule has 3 N–H and O–H groups in total. The molecule has 3 aromatic rings. The monoisotopic (exact) mass is 297 g/mol. The van der Waals surface area contributed by atoms with Gasteiger partial charge in [0.05, 0.1) is 17.1 Å². The fourth-order valence-corrected chi connectivity index (χ4v) is 1.96. The second-order valence-electron chi connectivity index (χ2n) is 4.53. The van der Waals surface area contributed by atoms with Gasteiger partial charge < -0.3 is 15.3 Å². The van der Waals surface area contributed by atoms with Gasteiger partial charge in [0.15, 0.2) is 11.5 Å². The Bertz CT molecular complexity index is 947. The van der Waals surface area contributed by atoms with E-state index in [1.807, 2.05) is 0 Å². The molecule has 0 saturated heterocycles. The molecule has 0 aliphatic carbocycles. The van der Waals surface area contributed by atoms with Crippen molar-refractivity contribution in [2.45, 2.75) is 0 Å². The predicted octanol–water partition coefficient (Wildman–Crippen LogP) is 1.40. The van der Waals surface area contributed by atoms with Crippen LogP contribution in [0.25, 0.3) is 10.9 Å². The molecule has 3 rings (SSSR count). The van der Waals surface area contributed by atoms with E-state index >= 15 is 0 Å². The van der Waals surface area contributed by atoms with Crippen LogP contribution < -0.4 is 5.56 Å². The van der Waals surface area contributed by atoms with Crippen molar-refractivity contribution in [3.05, 3.63) is 58.6 Å². The number of fused-ring (bicyclic) bond motifs is 1. The van der Waals surface area contributed by atoms with Gasteiger partial charge in [0.25, 0.3) is 5.56 Å². The summed E-state index contributed by atoms with van der Waals surface area (Å²) in [5.41, 5.74) is 0.351. The van der Waals surface area contributed by atoms with E-state index in [1.54, 1.807) is 24.3 Å². The van der Waals surface area contributed by atoms with E-state index < -0.39 is 17.2 Å². The average Bonchev–Trinajstić information content (AvgIpc) is 2.54. The van der Waals surface area contributed by atoms with Crippen LogP contribution in [0.4, 0.5) is 0 Å². The van der Waals surface area contributed by atoms with Gasteiger partial charge in [-0.05, 0) is 24.3 Å². The quantitative estimate of drug-likeness (QED) is 0.489. The highest BCUT2D eigenvalue weighted by atomic mass is 16.3. The molecule has 0 aliphatic rings. The molecule has 0 aliphatic heterocycles. The molecule has 22 heavy (non-hydrogen) atoms. The first-order chi connectivity index (χ1) is 10.6. The summed E-state index contributed by atoms with van der Waals surface area (Å²) >= 11 is 0. The van der Waals surface area contributed by atoms with Crippen molar-refractivity contribution >= 4 is 17.1 Å². The Labute approximate surface area is 124 Å². The zero-order chi connectivity index (χ0) is 15.7. The van der Waals surface area contributed by atoms with Gasteiger partial charge in [-0.25, -0.2) is 4.98 Å². The third-order valence-corrected chi connectivity index (χ3v) is 3.13. The van der Waals surface area contributed by atoms with Crippen LogP contribution >= 0.6 is 0 Å². The van der Waals surface area contributed by atoms with E-state index in [9.17, 15) is 20.1 Å². The number of para-hydroxylation sites is 1. The second kappa shape index (κ2) is 5.21. The minimum atomic E-state index is -0.645. The molecule has 7 heteroatoms. The van der Waals surface area contributed by atoms with E-state index in [4.69, 9.17) is 0 Å². The molecule has 0 fully saturated rings. The number of nitrogens with zero attached hydrogens (tertiary/aromatic N) is 3. The normalized spacial score (nSPS) is 11.3. The van der Waals surface area contributed by atoms with Crippen LogP contribution in [0.15, 0.2) is 52.6 Å². The van der Waals surface area contributed by atoms with Gasteiger partial charge in [-0.15, -0.1) is 0 Å². The third-order valence-electron chi connectivity index (χ3n) is 3.13.